The van der Waals surface area contributed by atoms with Crippen molar-refractivity contribution < 1.29 is 35.2 Å². The number of rotatable bonds is 4. The molecular formula is C20H17F5N4O3S. The molecule has 0 radical (unpaired) electrons. The number of fused-ring (bicyclic) bond motifs is 1. The molecule has 3 aromatic rings. The van der Waals surface area contributed by atoms with E-state index in [1.165, 1.54) is 29.2 Å². The maximum absolute atomic E-state index is 14.0. The molecule has 1 aliphatic heterocycles. The molecule has 2 heterocycles. The van der Waals surface area contributed by atoms with Crippen LogP contribution in [0.4, 0.5) is 22.0 Å². The van der Waals surface area contributed by atoms with Gasteiger partial charge in [0.2, 0.25) is 21.8 Å². The zero-order valence-electron chi connectivity index (χ0n) is 16.9. The molecule has 13 heteroatoms. The minimum atomic E-state index is -4.78. The van der Waals surface area contributed by atoms with Gasteiger partial charge in [0.15, 0.2) is 0 Å². The number of sulfonamides is 1. The number of imidazole rings is 1. The fourth-order valence-electron chi connectivity index (χ4n) is 3.68. The average molecular weight is 488 g/mol. The second kappa shape index (κ2) is 8.37. The summed E-state index contributed by atoms with van der Waals surface area (Å²) in [4.78, 5) is 16.7. The first-order valence-corrected chi connectivity index (χ1v) is 11.2. The third kappa shape index (κ3) is 4.42. The highest BCUT2D eigenvalue weighted by molar-refractivity contribution is 7.89. The molecule has 33 heavy (non-hydrogen) atoms. The van der Waals surface area contributed by atoms with E-state index < -0.39 is 51.0 Å². The van der Waals surface area contributed by atoms with E-state index in [1.54, 1.807) is 0 Å². The van der Waals surface area contributed by atoms with Gasteiger partial charge in [0.1, 0.15) is 23.1 Å². The lowest BCUT2D eigenvalue weighted by atomic mass is 10.3. The largest absolute Gasteiger partial charge is 0.449 e. The summed E-state index contributed by atoms with van der Waals surface area (Å²) in [5.41, 5.74) is 0.228. The number of benzene rings is 2. The van der Waals surface area contributed by atoms with Crippen LogP contribution < -0.4 is 0 Å². The lowest BCUT2D eigenvalue weighted by Gasteiger charge is -2.34. The Hall–Kier alpha value is -3.06. The van der Waals surface area contributed by atoms with E-state index in [9.17, 15) is 35.2 Å². The maximum Gasteiger partial charge on any atom is 0.449 e. The van der Waals surface area contributed by atoms with Crippen molar-refractivity contribution in [2.24, 2.45) is 0 Å². The number of carbonyl (C=O) groups excluding carboxylic acids is 1. The van der Waals surface area contributed by atoms with Gasteiger partial charge in [-0.15, -0.1) is 0 Å². The van der Waals surface area contributed by atoms with Gasteiger partial charge in [-0.05, 0) is 30.3 Å². The summed E-state index contributed by atoms with van der Waals surface area (Å²) < 4.78 is 94.8. The third-order valence-electron chi connectivity index (χ3n) is 5.30. The predicted molar refractivity (Wildman–Crippen MR) is 106 cm³/mol. The fraction of sp³-hybridized carbons (Fsp3) is 0.300. The van der Waals surface area contributed by atoms with E-state index in [0.29, 0.717) is 12.1 Å². The Morgan fingerprint density at radius 1 is 1.00 bits per heavy atom. The topological polar surface area (TPSA) is 75.5 Å². The molecule has 1 aliphatic rings. The molecular weight excluding hydrogens is 471 g/mol. The Balaban J connectivity index is 1.50. The molecule has 176 valence electrons. The molecule has 1 fully saturated rings. The molecule has 4 rings (SSSR count). The highest BCUT2D eigenvalue weighted by Gasteiger charge is 2.39. The Morgan fingerprint density at radius 3 is 2.33 bits per heavy atom. The monoisotopic (exact) mass is 488 g/mol. The summed E-state index contributed by atoms with van der Waals surface area (Å²) in [6.07, 6.45) is -4.78. The van der Waals surface area contributed by atoms with Crippen LogP contribution in [0.1, 0.15) is 5.82 Å². The van der Waals surface area contributed by atoms with E-state index in [0.717, 1.165) is 14.9 Å². The van der Waals surface area contributed by atoms with Crippen LogP contribution in [-0.4, -0.2) is 59.3 Å². The molecule has 0 bridgehead atoms. The Labute approximate surface area is 185 Å². The zero-order valence-corrected chi connectivity index (χ0v) is 17.7. The van der Waals surface area contributed by atoms with Crippen LogP contribution in [0, 0.1) is 11.6 Å². The van der Waals surface area contributed by atoms with Gasteiger partial charge < -0.3 is 9.47 Å². The van der Waals surface area contributed by atoms with Gasteiger partial charge in [0, 0.05) is 26.2 Å². The normalized spacial score (nSPS) is 15.8. The summed E-state index contributed by atoms with van der Waals surface area (Å²) in [5, 5.41) is 0. The highest BCUT2D eigenvalue weighted by Crippen LogP contribution is 2.31. The summed E-state index contributed by atoms with van der Waals surface area (Å²) in [7, 11) is -4.35. The highest BCUT2D eigenvalue weighted by atomic mass is 32.2. The molecule has 0 N–H and O–H groups in total. The first-order valence-electron chi connectivity index (χ1n) is 9.74. The molecule has 0 atom stereocenters. The average Bonchev–Trinajstić information content (AvgIpc) is 3.14. The van der Waals surface area contributed by atoms with E-state index in [1.807, 2.05) is 0 Å². The van der Waals surface area contributed by atoms with Crippen molar-refractivity contribution in [3.63, 3.8) is 0 Å². The van der Waals surface area contributed by atoms with Crippen LogP contribution in [0.3, 0.4) is 0 Å². The second-order valence-corrected chi connectivity index (χ2v) is 9.27. The van der Waals surface area contributed by atoms with E-state index in [2.05, 4.69) is 4.98 Å². The number of halogens is 5. The predicted octanol–water partition coefficient (Wildman–Crippen LogP) is 2.87. The quantitative estimate of drug-likeness (QED) is 0.530. The Kier molecular flexibility index (Phi) is 5.86. The molecule has 1 aromatic heterocycles. The number of piperazine rings is 1. The van der Waals surface area contributed by atoms with Crippen molar-refractivity contribution in [3.05, 3.63) is 59.9 Å². The van der Waals surface area contributed by atoms with Crippen molar-refractivity contribution >= 4 is 27.0 Å². The van der Waals surface area contributed by atoms with Crippen LogP contribution in [0.2, 0.25) is 0 Å². The number of hydrogen-bond donors (Lipinski definition) is 0. The summed E-state index contributed by atoms with van der Waals surface area (Å²) >= 11 is 0. The van der Waals surface area contributed by atoms with Crippen molar-refractivity contribution in [1.82, 2.24) is 18.8 Å². The summed E-state index contributed by atoms with van der Waals surface area (Å²) in [6, 6.07) is 7.95. The van der Waals surface area contributed by atoms with E-state index >= 15 is 0 Å². The summed E-state index contributed by atoms with van der Waals surface area (Å²) in [5.74, 6) is -3.89. The van der Waals surface area contributed by atoms with E-state index in [-0.39, 0.29) is 37.2 Å². The lowest BCUT2D eigenvalue weighted by Crippen LogP contribution is -2.51. The number of carbonyl (C=O) groups is 1. The number of aromatic nitrogens is 2. The molecule has 0 unspecified atom stereocenters. The molecule has 1 saturated heterocycles. The van der Waals surface area contributed by atoms with Gasteiger partial charge in [-0.2, -0.15) is 17.5 Å². The van der Waals surface area contributed by atoms with Crippen LogP contribution in [0.15, 0.2) is 47.4 Å². The molecule has 0 saturated carbocycles. The number of amides is 1. The minimum Gasteiger partial charge on any atom is -0.339 e. The second-order valence-electron chi connectivity index (χ2n) is 7.37. The smallest absolute Gasteiger partial charge is 0.339 e. The zero-order chi connectivity index (χ0) is 24.0. The minimum absolute atomic E-state index is 0.0886. The SMILES string of the molecule is O=C(Cn1c(C(F)(F)F)nc2ccccc21)N1CCN(S(=O)(=O)c2cc(F)ccc2F)CC1. The first-order chi connectivity index (χ1) is 15.5. The summed E-state index contributed by atoms with van der Waals surface area (Å²) in [6.45, 7) is -1.33. The van der Waals surface area contributed by atoms with Crippen molar-refractivity contribution in [2.75, 3.05) is 26.2 Å². The van der Waals surface area contributed by atoms with Crippen molar-refractivity contribution in [2.45, 2.75) is 17.6 Å². The molecule has 0 spiro atoms. The van der Waals surface area contributed by atoms with Gasteiger partial charge in [-0.25, -0.2) is 22.2 Å². The third-order valence-corrected chi connectivity index (χ3v) is 7.22. The van der Waals surface area contributed by atoms with Gasteiger partial charge in [-0.3, -0.25) is 4.79 Å². The standard InChI is InChI=1S/C20H17F5N4O3S/c21-13-5-6-14(22)17(11-13)33(31,32)28-9-7-27(8-10-28)18(30)12-29-16-4-2-1-3-15(16)26-19(29)20(23,24)25/h1-6,11H,7-10,12H2. The molecule has 1 amide bonds. The van der Waals surface area contributed by atoms with Crippen LogP contribution >= 0.6 is 0 Å². The van der Waals surface area contributed by atoms with Gasteiger partial charge >= 0.3 is 6.18 Å². The van der Waals surface area contributed by atoms with Gasteiger partial charge in [0.05, 0.1) is 11.0 Å². The molecule has 2 aromatic carbocycles. The van der Waals surface area contributed by atoms with Gasteiger partial charge in [0.25, 0.3) is 0 Å². The first kappa shape index (κ1) is 23.1. The lowest BCUT2D eigenvalue weighted by molar-refractivity contribution is -0.148. The van der Waals surface area contributed by atoms with Crippen LogP contribution in [0.5, 0.6) is 0 Å². The van der Waals surface area contributed by atoms with E-state index in [4.69, 9.17) is 0 Å². The molecule has 7 nitrogen and oxygen atoms in total. The Bertz CT molecular complexity index is 1310. The maximum atomic E-state index is 14.0. The number of para-hydroxylation sites is 2. The van der Waals surface area contributed by atoms with Crippen molar-refractivity contribution in [3.8, 4) is 0 Å². The number of hydrogen-bond acceptors (Lipinski definition) is 4. The number of nitrogens with zero attached hydrogens (tertiary/aromatic N) is 4. The van der Waals surface area contributed by atoms with Gasteiger partial charge in [-0.1, -0.05) is 12.1 Å². The molecule has 0 aliphatic carbocycles. The number of alkyl halides is 3. The van der Waals surface area contributed by atoms with Crippen molar-refractivity contribution in [1.29, 1.82) is 0 Å². The fourth-order valence-corrected chi connectivity index (χ4v) is 5.18. The van der Waals surface area contributed by atoms with Crippen LogP contribution in [-0.2, 0) is 27.5 Å². The Morgan fingerprint density at radius 2 is 1.67 bits per heavy atom. The van der Waals surface area contributed by atoms with Crippen LogP contribution in [0.25, 0.3) is 11.0 Å².